The molecule has 100 valence electrons. The van der Waals surface area contributed by atoms with Crippen LogP contribution in [0, 0.1) is 0 Å². The van der Waals surface area contributed by atoms with Crippen LogP contribution < -0.4 is 15.4 Å². The molecule has 0 saturated carbocycles. The summed E-state index contributed by atoms with van der Waals surface area (Å²) < 4.78 is 5.30. The van der Waals surface area contributed by atoms with Gasteiger partial charge in [0.15, 0.2) is 5.78 Å². The summed E-state index contributed by atoms with van der Waals surface area (Å²) in [5.74, 6) is 0.272. The van der Waals surface area contributed by atoms with Crippen LogP contribution in [0.15, 0.2) is 36.0 Å². The van der Waals surface area contributed by atoms with Crippen molar-refractivity contribution in [1.82, 2.24) is 10.6 Å². The first-order chi connectivity index (χ1) is 9.20. The average Bonchev–Trinajstić information content (AvgIpc) is 2.42. The monoisotopic (exact) mass is 260 g/mol. The second-order valence-corrected chi connectivity index (χ2v) is 4.06. The average molecular weight is 260 g/mol. The van der Waals surface area contributed by atoms with E-state index in [4.69, 9.17) is 4.74 Å². The van der Waals surface area contributed by atoms with Gasteiger partial charge in [-0.1, -0.05) is 0 Å². The second kappa shape index (κ2) is 6.04. The number of carbonyl (C=O) groups excluding carboxylic acids is 2. The molecule has 1 amide bonds. The third kappa shape index (κ3) is 3.34. The number of benzene rings is 1. The summed E-state index contributed by atoms with van der Waals surface area (Å²) >= 11 is 0. The molecule has 1 saturated heterocycles. The molecule has 1 aromatic rings. The second-order valence-electron chi connectivity index (χ2n) is 4.06. The number of carbonyl (C=O) groups is 2. The minimum absolute atomic E-state index is 0.206. The molecule has 0 aliphatic carbocycles. The number of nitrogens with one attached hydrogen (secondary N) is 2. The number of amides is 1. The Morgan fingerprint density at radius 3 is 2.58 bits per heavy atom. The smallest absolute Gasteiger partial charge is 0.267 e. The fourth-order valence-electron chi connectivity index (χ4n) is 1.76. The molecular formula is C14H16N2O3. The van der Waals surface area contributed by atoms with E-state index in [9.17, 15) is 9.59 Å². The van der Waals surface area contributed by atoms with Crippen LogP contribution in [0.25, 0.3) is 0 Å². The quantitative estimate of drug-likeness (QED) is 0.622. The maximum Gasteiger partial charge on any atom is 0.267 e. The zero-order chi connectivity index (χ0) is 13.7. The maximum absolute atomic E-state index is 12.0. The molecular weight excluding hydrogens is 244 g/mol. The first kappa shape index (κ1) is 13.1. The molecule has 2 N–H and O–H groups in total. The van der Waals surface area contributed by atoms with Gasteiger partial charge in [-0.2, -0.15) is 0 Å². The summed E-state index contributed by atoms with van der Waals surface area (Å²) in [6, 6.07) is 6.85. The molecule has 0 atom stereocenters. The van der Waals surface area contributed by atoms with Crippen molar-refractivity contribution in [2.24, 2.45) is 0 Å². The van der Waals surface area contributed by atoms with E-state index in [1.807, 2.05) is 6.92 Å². The standard InChI is InChI=1S/C14H16N2O3/c1-2-19-11-5-3-10(4-6-11)13(17)9-12-14(18)16-8-7-15-12/h3-6,9,15H,2,7-8H2,1H3,(H,16,18)/b12-9-. The Bertz CT molecular complexity index is 506. The van der Waals surface area contributed by atoms with Gasteiger partial charge in [-0.25, -0.2) is 0 Å². The summed E-state index contributed by atoms with van der Waals surface area (Å²) in [6.45, 7) is 3.69. The van der Waals surface area contributed by atoms with Crippen molar-refractivity contribution in [3.05, 3.63) is 41.6 Å². The van der Waals surface area contributed by atoms with E-state index in [0.29, 0.717) is 31.0 Å². The Kier molecular flexibility index (Phi) is 4.18. The summed E-state index contributed by atoms with van der Waals surface area (Å²) in [5, 5.41) is 5.58. The largest absolute Gasteiger partial charge is 0.494 e. The Morgan fingerprint density at radius 2 is 1.95 bits per heavy atom. The van der Waals surface area contributed by atoms with Crippen LogP contribution in [0.3, 0.4) is 0 Å². The molecule has 0 bridgehead atoms. The van der Waals surface area contributed by atoms with Crippen LogP contribution >= 0.6 is 0 Å². The Hall–Kier alpha value is -2.30. The van der Waals surface area contributed by atoms with Crippen LogP contribution in [-0.4, -0.2) is 31.4 Å². The Labute approximate surface area is 111 Å². The maximum atomic E-state index is 12.0. The molecule has 5 nitrogen and oxygen atoms in total. The predicted octanol–water partition coefficient (Wildman–Crippen LogP) is 0.871. The summed E-state index contributed by atoms with van der Waals surface area (Å²) in [5.41, 5.74) is 0.835. The minimum atomic E-state index is -0.245. The molecule has 0 spiro atoms. The van der Waals surface area contributed by atoms with Gasteiger partial charge in [0.1, 0.15) is 11.4 Å². The van der Waals surface area contributed by atoms with E-state index in [-0.39, 0.29) is 11.7 Å². The normalized spacial score (nSPS) is 16.7. The van der Waals surface area contributed by atoms with Gasteiger partial charge in [-0.05, 0) is 31.2 Å². The molecule has 1 aliphatic heterocycles. The van der Waals surface area contributed by atoms with Crippen molar-refractivity contribution >= 4 is 11.7 Å². The van der Waals surface area contributed by atoms with E-state index in [0.717, 1.165) is 5.75 Å². The molecule has 1 aliphatic rings. The first-order valence-corrected chi connectivity index (χ1v) is 6.21. The molecule has 0 unspecified atom stereocenters. The van der Waals surface area contributed by atoms with Crippen molar-refractivity contribution in [2.45, 2.75) is 6.92 Å². The fraction of sp³-hybridized carbons (Fsp3) is 0.286. The molecule has 0 aromatic heterocycles. The van der Waals surface area contributed by atoms with Gasteiger partial charge in [0, 0.05) is 24.7 Å². The van der Waals surface area contributed by atoms with E-state index in [1.165, 1.54) is 6.08 Å². The van der Waals surface area contributed by atoms with Gasteiger partial charge in [-0.3, -0.25) is 9.59 Å². The van der Waals surface area contributed by atoms with Gasteiger partial charge in [0.2, 0.25) is 0 Å². The predicted molar refractivity (Wildman–Crippen MR) is 71.0 cm³/mol. The van der Waals surface area contributed by atoms with Gasteiger partial charge in [0.25, 0.3) is 5.91 Å². The fourth-order valence-corrected chi connectivity index (χ4v) is 1.76. The van der Waals surface area contributed by atoms with Crippen molar-refractivity contribution in [2.75, 3.05) is 19.7 Å². The molecule has 1 fully saturated rings. The van der Waals surface area contributed by atoms with Crippen LogP contribution in [-0.2, 0) is 4.79 Å². The highest BCUT2D eigenvalue weighted by atomic mass is 16.5. The molecule has 19 heavy (non-hydrogen) atoms. The van der Waals surface area contributed by atoms with Crippen LogP contribution in [0.2, 0.25) is 0 Å². The number of hydrogen-bond donors (Lipinski definition) is 2. The van der Waals surface area contributed by atoms with Crippen molar-refractivity contribution < 1.29 is 14.3 Å². The molecule has 1 aromatic carbocycles. The lowest BCUT2D eigenvalue weighted by molar-refractivity contribution is -0.118. The van der Waals surface area contributed by atoms with E-state index < -0.39 is 0 Å². The SMILES string of the molecule is CCOc1ccc(C(=O)/C=C2\NCCNC2=O)cc1. The highest BCUT2D eigenvalue weighted by Gasteiger charge is 2.15. The lowest BCUT2D eigenvalue weighted by atomic mass is 10.1. The highest BCUT2D eigenvalue weighted by molar-refractivity contribution is 6.09. The number of ether oxygens (including phenoxy) is 1. The van der Waals surface area contributed by atoms with Crippen LogP contribution in [0.1, 0.15) is 17.3 Å². The molecule has 5 heteroatoms. The molecule has 0 radical (unpaired) electrons. The lowest BCUT2D eigenvalue weighted by Gasteiger charge is -2.16. The van der Waals surface area contributed by atoms with Crippen molar-refractivity contribution in [3.8, 4) is 5.75 Å². The third-order valence-electron chi connectivity index (χ3n) is 2.70. The topological polar surface area (TPSA) is 67.4 Å². The Balaban J connectivity index is 2.10. The summed E-state index contributed by atoms with van der Waals surface area (Å²) in [7, 11) is 0. The van der Waals surface area contributed by atoms with Gasteiger partial charge < -0.3 is 15.4 Å². The summed E-state index contributed by atoms with van der Waals surface area (Å²) in [4.78, 5) is 23.5. The highest BCUT2D eigenvalue weighted by Crippen LogP contribution is 2.13. The van der Waals surface area contributed by atoms with Crippen LogP contribution in [0.5, 0.6) is 5.75 Å². The zero-order valence-electron chi connectivity index (χ0n) is 10.7. The van der Waals surface area contributed by atoms with Crippen molar-refractivity contribution in [1.29, 1.82) is 0 Å². The van der Waals surface area contributed by atoms with Gasteiger partial charge in [-0.15, -0.1) is 0 Å². The number of allylic oxidation sites excluding steroid dienone is 1. The number of ketones is 1. The number of rotatable bonds is 4. The number of hydrogen-bond acceptors (Lipinski definition) is 4. The summed E-state index contributed by atoms with van der Waals surface area (Å²) in [6.07, 6.45) is 1.32. The zero-order valence-corrected chi connectivity index (χ0v) is 10.7. The minimum Gasteiger partial charge on any atom is -0.494 e. The van der Waals surface area contributed by atoms with Crippen LogP contribution in [0.4, 0.5) is 0 Å². The van der Waals surface area contributed by atoms with Gasteiger partial charge >= 0.3 is 0 Å². The number of piperazine rings is 1. The molecule has 2 rings (SSSR count). The Morgan fingerprint density at radius 1 is 1.26 bits per heavy atom. The first-order valence-electron chi connectivity index (χ1n) is 6.21. The van der Waals surface area contributed by atoms with E-state index >= 15 is 0 Å². The third-order valence-corrected chi connectivity index (χ3v) is 2.70. The van der Waals surface area contributed by atoms with Crippen molar-refractivity contribution in [3.63, 3.8) is 0 Å². The lowest BCUT2D eigenvalue weighted by Crippen LogP contribution is -2.43. The molecule has 1 heterocycles. The van der Waals surface area contributed by atoms with Gasteiger partial charge in [0.05, 0.1) is 6.61 Å². The van der Waals surface area contributed by atoms with E-state index in [2.05, 4.69) is 10.6 Å². The van der Waals surface area contributed by atoms with E-state index in [1.54, 1.807) is 24.3 Å².